The molecule has 1 saturated heterocycles. The summed E-state index contributed by atoms with van der Waals surface area (Å²) < 4.78 is 6.50. The summed E-state index contributed by atoms with van der Waals surface area (Å²) in [5.74, 6) is 0.271. The van der Waals surface area contributed by atoms with Crippen molar-refractivity contribution < 1.29 is 14.8 Å². The smallest absolute Gasteiger partial charge is 0.345 e. The van der Waals surface area contributed by atoms with E-state index in [0.29, 0.717) is 32.0 Å². The summed E-state index contributed by atoms with van der Waals surface area (Å²) in [5, 5.41) is 21.0. The fourth-order valence-electron chi connectivity index (χ4n) is 2.20. The summed E-state index contributed by atoms with van der Waals surface area (Å²) in [5.41, 5.74) is 0. The molecule has 106 valence electrons. The largest absolute Gasteiger partial charge is 0.379 e. The molecule has 1 unspecified atom stereocenters. The fraction of sp³-hybridized carbons (Fsp3) is 0.727. The minimum Gasteiger partial charge on any atom is -0.379 e. The maximum Gasteiger partial charge on any atom is 0.345 e. The SMILES string of the molecule is Cc1ncc([N+](=O)[O-])n1C(O)CCN1CCOCC1. The normalized spacial score (nSPS) is 18.4. The number of aryl methyl sites for hydroxylation is 1. The molecule has 0 saturated carbocycles. The highest BCUT2D eigenvalue weighted by atomic mass is 16.6. The predicted octanol–water partition coefficient (Wildman–Crippen LogP) is 0.313. The van der Waals surface area contributed by atoms with Gasteiger partial charge in [0.05, 0.1) is 13.2 Å². The number of aliphatic hydroxyl groups excluding tert-OH is 1. The molecule has 1 aliphatic heterocycles. The van der Waals surface area contributed by atoms with Crippen molar-refractivity contribution in [3.63, 3.8) is 0 Å². The predicted molar refractivity (Wildman–Crippen MR) is 66.8 cm³/mol. The molecular formula is C11H18N4O4. The first-order valence-corrected chi connectivity index (χ1v) is 6.26. The van der Waals surface area contributed by atoms with E-state index < -0.39 is 11.2 Å². The van der Waals surface area contributed by atoms with Crippen molar-refractivity contribution in [3.05, 3.63) is 22.1 Å². The van der Waals surface area contributed by atoms with Crippen LogP contribution in [0, 0.1) is 17.0 Å². The summed E-state index contributed by atoms with van der Waals surface area (Å²) >= 11 is 0. The Balaban J connectivity index is 1.97. The summed E-state index contributed by atoms with van der Waals surface area (Å²) in [6, 6.07) is 0. The van der Waals surface area contributed by atoms with E-state index in [0.717, 1.165) is 13.1 Å². The third kappa shape index (κ3) is 3.28. The van der Waals surface area contributed by atoms with Gasteiger partial charge in [0, 0.05) is 33.0 Å². The molecule has 0 aromatic carbocycles. The Hall–Kier alpha value is -1.51. The minimum atomic E-state index is -0.925. The number of morpholine rings is 1. The second-order valence-corrected chi connectivity index (χ2v) is 4.51. The van der Waals surface area contributed by atoms with Crippen LogP contribution in [0.2, 0.25) is 0 Å². The summed E-state index contributed by atoms with van der Waals surface area (Å²) in [6.45, 7) is 5.38. The van der Waals surface area contributed by atoms with Gasteiger partial charge in [-0.1, -0.05) is 0 Å². The highest BCUT2D eigenvalue weighted by Gasteiger charge is 2.25. The molecule has 2 heterocycles. The van der Waals surface area contributed by atoms with E-state index >= 15 is 0 Å². The van der Waals surface area contributed by atoms with Gasteiger partial charge in [-0.3, -0.25) is 4.90 Å². The van der Waals surface area contributed by atoms with Crippen molar-refractivity contribution in [2.45, 2.75) is 19.6 Å². The molecule has 1 aromatic rings. The van der Waals surface area contributed by atoms with E-state index in [1.807, 2.05) is 0 Å². The number of aromatic nitrogens is 2. The van der Waals surface area contributed by atoms with Crippen LogP contribution in [0.25, 0.3) is 0 Å². The first kappa shape index (κ1) is 13.9. The number of rotatable bonds is 5. The highest BCUT2D eigenvalue weighted by Crippen LogP contribution is 2.21. The minimum absolute atomic E-state index is 0.174. The van der Waals surface area contributed by atoms with Crippen LogP contribution in [0.15, 0.2) is 6.20 Å². The Morgan fingerprint density at radius 1 is 1.58 bits per heavy atom. The third-order valence-electron chi connectivity index (χ3n) is 3.25. The van der Waals surface area contributed by atoms with Crippen LogP contribution in [0.3, 0.4) is 0 Å². The zero-order valence-corrected chi connectivity index (χ0v) is 10.9. The van der Waals surface area contributed by atoms with Gasteiger partial charge < -0.3 is 20.0 Å². The lowest BCUT2D eigenvalue weighted by atomic mass is 10.3. The van der Waals surface area contributed by atoms with Crippen LogP contribution < -0.4 is 0 Å². The Kier molecular flexibility index (Phi) is 4.46. The van der Waals surface area contributed by atoms with Crippen molar-refractivity contribution in [1.82, 2.24) is 14.5 Å². The van der Waals surface area contributed by atoms with E-state index in [4.69, 9.17) is 4.74 Å². The Labute approximate surface area is 110 Å². The van der Waals surface area contributed by atoms with Crippen LogP contribution in [0.4, 0.5) is 5.82 Å². The van der Waals surface area contributed by atoms with Gasteiger partial charge in [-0.25, -0.2) is 4.98 Å². The van der Waals surface area contributed by atoms with Gasteiger partial charge in [0.2, 0.25) is 6.23 Å². The summed E-state index contributed by atoms with van der Waals surface area (Å²) in [4.78, 5) is 16.4. The molecule has 2 rings (SSSR count). The van der Waals surface area contributed by atoms with E-state index in [1.54, 1.807) is 6.92 Å². The number of ether oxygens (including phenoxy) is 1. The number of hydrogen-bond acceptors (Lipinski definition) is 6. The van der Waals surface area contributed by atoms with E-state index in [1.165, 1.54) is 10.8 Å². The van der Waals surface area contributed by atoms with Gasteiger partial charge in [0.25, 0.3) is 0 Å². The molecule has 1 aromatic heterocycles. The summed E-state index contributed by atoms with van der Waals surface area (Å²) in [7, 11) is 0. The number of nitrogens with zero attached hydrogens (tertiary/aromatic N) is 4. The standard InChI is InChI=1S/C11H18N4O4/c1-9-12-8-10(15(17)18)14(9)11(16)2-3-13-4-6-19-7-5-13/h8,11,16H,2-7H2,1H3. The van der Waals surface area contributed by atoms with Crippen molar-refractivity contribution >= 4 is 5.82 Å². The maximum absolute atomic E-state index is 10.9. The number of aliphatic hydroxyl groups is 1. The van der Waals surface area contributed by atoms with Gasteiger partial charge in [0.1, 0.15) is 6.20 Å². The van der Waals surface area contributed by atoms with Gasteiger partial charge in [-0.2, -0.15) is 4.57 Å². The average Bonchev–Trinajstić information content (AvgIpc) is 2.79. The van der Waals surface area contributed by atoms with Gasteiger partial charge in [-0.05, 0) is 4.92 Å². The molecule has 0 spiro atoms. The molecule has 19 heavy (non-hydrogen) atoms. The van der Waals surface area contributed by atoms with Gasteiger partial charge >= 0.3 is 5.82 Å². The molecular weight excluding hydrogens is 252 g/mol. The van der Waals surface area contributed by atoms with E-state index in [2.05, 4.69) is 9.88 Å². The summed E-state index contributed by atoms with van der Waals surface area (Å²) in [6.07, 6.45) is 0.677. The lowest BCUT2D eigenvalue weighted by Crippen LogP contribution is -2.37. The van der Waals surface area contributed by atoms with Gasteiger partial charge in [-0.15, -0.1) is 0 Å². The second-order valence-electron chi connectivity index (χ2n) is 4.51. The Morgan fingerprint density at radius 3 is 2.89 bits per heavy atom. The fourth-order valence-corrected chi connectivity index (χ4v) is 2.20. The van der Waals surface area contributed by atoms with Crippen LogP contribution in [-0.4, -0.2) is 57.3 Å². The second kappa shape index (κ2) is 6.09. The lowest BCUT2D eigenvalue weighted by Gasteiger charge is -2.26. The Bertz CT molecular complexity index is 442. The molecule has 0 amide bonds. The van der Waals surface area contributed by atoms with Crippen LogP contribution in [-0.2, 0) is 4.74 Å². The molecule has 8 heteroatoms. The monoisotopic (exact) mass is 270 g/mol. The number of nitro groups is 1. The zero-order chi connectivity index (χ0) is 13.8. The van der Waals surface area contributed by atoms with Crippen LogP contribution in [0.5, 0.6) is 0 Å². The molecule has 1 N–H and O–H groups in total. The molecule has 8 nitrogen and oxygen atoms in total. The van der Waals surface area contributed by atoms with Crippen molar-refractivity contribution in [2.24, 2.45) is 0 Å². The van der Waals surface area contributed by atoms with E-state index in [-0.39, 0.29) is 5.82 Å². The third-order valence-corrected chi connectivity index (χ3v) is 3.25. The molecule has 0 bridgehead atoms. The quantitative estimate of drug-likeness (QED) is 0.611. The average molecular weight is 270 g/mol. The zero-order valence-electron chi connectivity index (χ0n) is 10.9. The van der Waals surface area contributed by atoms with E-state index in [9.17, 15) is 15.2 Å². The molecule has 1 atom stereocenters. The van der Waals surface area contributed by atoms with Crippen LogP contribution in [0.1, 0.15) is 18.5 Å². The maximum atomic E-state index is 10.9. The molecule has 0 radical (unpaired) electrons. The van der Waals surface area contributed by atoms with Gasteiger partial charge in [0.15, 0.2) is 5.82 Å². The first-order valence-electron chi connectivity index (χ1n) is 6.26. The molecule has 1 aliphatic rings. The van der Waals surface area contributed by atoms with Crippen molar-refractivity contribution in [3.8, 4) is 0 Å². The first-order chi connectivity index (χ1) is 9.09. The Morgan fingerprint density at radius 2 is 2.26 bits per heavy atom. The topological polar surface area (TPSA) is 93.7 Å². The van der Waals surface area contributed by atoms with Crippen LogP contribution >= 0.6 is 0 Å². The lowest BCUT2D eigenvalue weighted by molar-refractivity contribution is -0.393. The number of imidazole rings is 1. The van der Waals surface area contributed by atoms with Crippen molar-refractivity contribution in [1.29, 1.82) is 0 Å². The number of hydrogen-bond donors (Lipinski definition) is 1. The highest BCUT2D eigenvalue weighted by molar-refractivity contribution is 5.19. The van der Waals surface area contributed by atoms with Crippen molar-refractivity contribution in [2.75, 3.05) is 32.8 Å². The molecule has 0 aliphatic carbocycles. The molecule has 1 fully saturated rings.